The van der Waals surface area contributed by atoms with Crippen LogP contribution in [0.1, 0.15) is 20.8 Å². The van der Waals surface area contributed by atoms with E-state index in [1.807, 2.05) is 6.92 Å². The Hall–Kier alpha value is -4.99. The van der Waals surface area contributed by atoms with Crippen molar-refractivity contribution in [3.63, 3.8) is 0 Å². The van der Waals surface area contributed by atoms with Crippen LogP contribution < -0.4 is 10.6 Å². The summed E-state index contributed by atoms with van der Waals surface area (Å²) in [6.07, 6.45) is 5.63. The van der Waals surface area contributed by atoms with Gasteiger partial charge < -0.3 is 20.5 Å². The van der Waals surface area contributed by atoms with E-state index in [2.05, 4.69) is 30.6 Å². The lowest BCUT2D eigenvalue weighted by Gasteiger charge is -2.11. The van der Waals surface area contributed by atoms with E-state index in [0.29, 0.717) is 63.5 Å². The number of hydrogen-bond acceptors (Lipinski definition) is 13. The second-order valence-corrected chi connectivity index (χ2v) is 15.4. The number of aliphatic hydroxyl groups is 1. The number of fused-ring (bicyclic) bond motifs is 2. The lowest BCUT2D eigenvalue weighted by molar-refractivity contribution is -0.138. The monoisotopic (exact) mass is 704 g/mol. The fourth-order valence-electron chi connectivity index (χ4n) is 5.17. The molecule has 15 heteroatoms. The van der Waals surface area contributed by atoms with Gasteiger partial charge in [-0.15, -0.1) is 0 Å². The smallest absolute Gasteiger partial charge is 0.336 e. The van der Waals surface area contributed by atoms with Gasteiger partial charge >= 0.3 is 5.97 Å². The number of nitrogens with one attached hydrogen (secondary N) is 2. The number of carbonyl (C=O) groups is 1. The number of esters is 1. The summed E-state index contributed by atoms with van der Waals surface area (Å²) < 4.78 is 52.3. The molecule has 2 aromatic carbocycles. The van der Waals surface area contributed by atoms with Gasteiger partial charge in [0, 0.05) is 41.3 Å². The molecule has 2 aliphatic rings. The van der Waals surface area contributed by atoms with Crippen LogP contribution in [0.25, 0.3) is 21.8 Å². The molecule has 0 fully saturated rings. The van der Waals surface area contributed by atoms with Crippen molar-refractivity contribution in [3.05, 3.63) is 83.2 Å². The first-order valence-corrected chi connectivity index (χ1v) is 19.0. The SMILES string of the molecule is CC1=C(CO)CN=C1Nc1ccnc2ccc(S(C)(=O)=O)cc12.CCOC(=O)C1=C(C)C(Nc2ccnc3ccc(S(C)(=O)=O)cc23)=NC1. The lowest BCUT2D eigenvalue weighted by Crippen LogP contribution is -2.14. The summed E-state index contributed by atoms with van der Waals surface area (Å²) in [5.41, 5.74) is 5.79. The maximum Gasteiger partial charge on any atom is 0.336 e. The van der Waals surface area contributed by atoms with E-state index in [-0.39, 0.29) is 28.9 Å². The van der Waals surface area contributed by atoms with Gasteiger partial charge in [0.05, 0.1) is 64.1 Å². The molecule has 0 saturated heterocycles. The van der Waals surface area contributed by atoms with Crippen LogP contribution >= 0.6 is 0 Å². The molecule has 3 N–H and O–H groups in total. The van der Waals surface area contributed by atoms with E-state index < -0.39 is 19.7 Å². The molecule has 0 bridgehead atoms. The predicted molar refractivity (Wildman–Crippen MR) is 191 cm³/mol. The highest BCUT2D eigenvalue weighted by molar-refractivity contribution is 7.91. The zero-order valence-electron chi connectivity index (χ0n) is 27.6. The van der Waals surface area contributed by atoms with Gasteiger partial charge in [0.1, 0.15) is 11.7 Å². The molecule has 2 aromatic heterocycles. The quantitative estimate of drug-likeness (QED) is 0.235. The Kier molecular flexibility index (Phi) is 10.3. The molecule has 0 amide bonds. The van der Waals surface area contributed by atoms with Crippen molar-refractivity contribution in [1.82, 2.24) is 9.97 Å². The highest BCUT2D eigenvalue weighted by atomic mass is 32.2. The summed E-state index contributed by atoms with van der Waals surface area (Å²) >= 11 is 0. The molecule has 0 atom stereocenters. The van der Waals surface area contributed by atoms with Crippen LogP contribution in [-0.4, -0.2) is 88.4 Å². The van der Waals surface area contributed by atoms with Crippen LogP contribution in [0.5, 0.6) is 0 Å². The minimum absolute atomic E-state index is 0.0180. The first kappa shape index (κ1) is 35.3. The predicted octanol–water partition coefficient (Wildman–Crippen LogP) is 4.11. The van der Waals surface area contributed by atoms with Gasteiger partial charge in [0.15, 0.2) is 19.7 Å². The number of pyridine rings is 2. The minimum Gasteiger partial charge on any atom is -0.463 e. The van der Waals surface area contributed by atoms with E-state index in [9.17, 15) is 26.7 Å². The van der Waals surface area contributed by atoms with Gasteiger partial charge in [0.25, 0.3) is 0 Å². The van der Waals surface area contributed by atoms with E-state index in [1.54, 1.807) is 68.7 Å². The number of amidine groups is 2. The fraction of sp³-hybridized carbons (Fsp3) is 0.265. The normalized spacial score (nSPS) is 14.8. The third-order valence-electron chi connectivity index (χ3n) is 8.02. The molecule has 49 heavy (non-hydrogen) atoms. The summed E-state index contributed by atoms with van der Waals surface area (Å²) in [6.45, 7) is 6.47. The van der Waals surface area contributed by atoms with Crippen molar-refractivity contribution in [2.45, 2.75) is 30.6 Å². The third-order valence-corrected chi connectivity index (χ3v) is 10.2. The molecule has 13 nitrogen and oxygen atoms in total. The Morgan fingerprint density at radius 1 is 0.776 bits per heavy atom. The van der Waals surface area contributed by atoms with Gasteiger partial charge in [-0.3, -0.25) is 20.0 Å². The van der Waals surface area contributed by atoms with Gasteiger partial charge in [-0.05, 0) is 80.4 Å². The van der Waals surface area contributed by atoms with E-state index in [4.69, 9.17) is 4.74 Å². The minimum atomic E-state index is -3.33. The first-order valence-electron chi connectivity index (χ1n) is 15.2. The largest absolute Gasteiger partial charge is 0.463 e. The number of hydrogen-bond donors (Lipinski definition) is 3. The van der Waals surface area contributed by atoms with Gasteiger partial charge in [-0.25, -0.2) is 21.6 Å². The van der Waals surface area contributed by atoms with Crippen molar-refractivity contribution in [2.75, 3.05) is 49.4 Å². The van der Waals surface area contributed by atoms with E-state index in [0.717, 1.165) is 23.1 Å². The number of aromatic nitrogens is 2. The number of rotatable bonds is 7. The molecule has 4 aromatic rings. The lowest BCUT2D eigenvalue weighted by atomic mass is 10.1. The van der Waals surface area contributed by atoms with Crippen LogP contribution in [-0.2, 0) is 29.2 Å². The molecular weight excluding hydrogens is 669 g/mol. The summed E-state index contributed by atoms with van der Waals surface area (Å²) in [5, 5.41) is 17.1. The maximum absolute atomic E-state index is 12.0. The zero-order valence-corrected chi connectivity index (χ0v) is 29.2. The van der Waals surface area contributed by atoms with Crippen molar-refractivity contribution in [3.8, 4) is 0 Å². The molecule has 4 heterocycles. The number of carbonyl (C=O) groups excluding carboxylic acids is 1. The number of aliphatic imine (C=N–C) groups is 2. The number of benzene rings is 2. The number of ether oxygens (including phenoxy) is 1. The highest BCUT2D eigenvalue weighted by Crippen LogP contribution is 2.28. The second-order valence-electron chi connectivity index (χ2n) is 11.4. The van der Waals surface area contributed by atoms with Crippen LogP contribution in [0.2, 0.25) is 0 Å². The summed E-state index contributed by atoms with van der Waals surface area (Å²) in [5.74, 6) is 0.876. The molecule has 0 aliphatic carbocycles. The molecule has 0 unspecified atom stereocenters. The molecule has 256 valence electrons. The standard InChI is InChI=1S/C18H19N3O4S.C16H17N3O3S/c1-4-25-18(22)14-10-20-17(11(14)2)21-16-7-8-19-15-6-5-12(9-13(15)16)26(3,23)24;1-10-11(9-20)8-18-16(10)19-15-5-6-17-14-4-3-12(7-13(14)15)23(2,21)22/h5-9H,4,10H2,1-3H3,(H,19,20,21);3-7,20H,8-9H2,1-2H3,(H,17,18,19). The number of anilines is 2. The summed E-state index contributed by atoms with van der Waals surface area (Å²) in [4.78, 5) is 29.7. The van der Waals surface area contributed by atoms with Crippen molar-refractivity contribution in [1.29, 1.82) is 0 Å². The van der Waals surface area contributed by atoms with Crippen molar-refractivity contribution in [2.24, 2.45) is 9.98 Å². The Morgan fingerprint density at radius 2 is 1.27 bits per heavy atom. The zero-order chi connectivity index (χ0) is 35.5. The topological polar surface area (TPSA) is 189 Å². The van der Waals surface area contributed by atoms with Crippen LogP contribution in [0.3, 0.4) is 0 Å². The molecule has 0 saturated carbocycles. The Labute approximate surface area is 284 Å². The Morgan fingerprint density at radius 3 is 1.71 bits per heavy atom. The van der Waals surface area contributed by atoms with Crippen LogP contribution in [0.15, 0.2) is 103 Å². The third kappa shape index (κ3) is 7.85. The maximum atomic E-state index is 12.0. The van der Waals surface area contributed by atoms with E-state index in [1.165, 1.54) is 12.3 Å². The summed E-state index contributed by atoms with van der Waals surface area (Å²) in [6, 6.07) is 13.2. The molecule has 0 spiro atoms. The molecule has 0 radical (unpaired) electrons. The van der Waals surface area contributed by atoms with Crippen LogP contribution in [0.4, 0.5) is 11.4 Å². The summed E-state index contributed by atoms with van der Waals surface area (Å²) in [7, 11) is -6.62. The highest BCUT2D eigenvalue weighted by Gasteiger charge is 2.23. The van der Waals surface area contributed by atoms with Crippen molar-refractivity contribution >= 4 is 70.5 Å². The number of nitrogens with zero attached hydrogens (tertiary/aromatic N) is 4. The number of sulfone groups is 2. The van der Waals surface area contributed by atoms with Gasteiger partial charge in [-0.2, -0.15) is 0 Å². The first-order chi connectivity index (χ1) is 23.2. The molecule has 2 aliphatic heterocycles. The van der Waals surface area contributed by atoms with E-state index >= 15 is 0 Å². The molecule has 6 rings (SSSR count). The molecular formula is C34H36N6O7S2. The van der Waals surface area contributed by atoms with Crippen molar-refractivity contribution < 1.29 is 31.5 Å². The van der Waals surface area contributed by atoms with Gasteiger partial charge in [0.2, 0.25) is 0 Å². The average Bonchev–Trinajstić information content (AvgIpc) is 3.61. The number of aliphatic hydroxyl groups excluding tert-OH is 1. The van der Waals surface area contributed by atoms with Crippen LogP contribution in [0, 0.1) is 0 Å². The average molecular weight is 705 g/mol. The fourth-order valence-corrected chi connectivity index (χ4v) is 6.47. The van der Waals surface area contributed by atoms with Gasteiger partial charge in [-0.1, -0.05) is 0 Å². The Balaban J connectivity index is 0.000000192. The Bertz CT molecular complexity index is 2330. The second kappa shape index (κ2) is 14.2.